The first kappa shape index (κ1) is 22.9. The zero-order valence-corrected chi connectivity index (χ0v) is 19.0. The Balaban J connectivity index is 1.66. The van der Waals surface area contributed by atoms with Gasteiger partial charge in [-0.2, -0.15) is 0 Å². The van der Waals surface area contributed by atoms with E-state index in [4.69, 9.17) is 9.47 Å². The second-order valence-electron chi connectivity index (χ2n) is 8.40. The van der Waals surface area contributed by atoms with Crippen LogP contribution < -0.4 is 14.7 Å². The molecule has 8 heteroatoms. The molecular formula is C25H29N3O5. The highest BCUT2D eigenvalue weighted by Crippen LogP contribution is 2.38. The highest BCUT2D eigenvalue weighted by atomic mass is 16.5. The summed E-state index contributed by atoms with van der Waals surface area (Å²) < 4.78 is 10.7. The third-order valence-electron chi connectivity index (χ3n) is 6.34. The number of carbonyl (C=O) groups is 2. The van der Waals surface area contributed by atoms with Gasteiger partial charge in [0.15, 0.2) is 0 Å². The Bertz CT molecular complexity index is 1050. The van der Waals surface area contributed by atoms with E-state index in [-0.39, 0.29) is 5.57 Å². The minimum Gasteiger partial charge on any atom is -0.872 e. The maximum atomic E-state index is 13.5. The molecule has 4 rings (SSSR count). The molecule has 0 radical (unpaired) electrons. The first-order valence-electron chi connectivity index (χ1n) is 11.2. The fraction of sp³-hybridized carbons (Fsp3) is 0.400. The number of nitrogens with one attached hydrogen (secondary N) is 1. The number of rotatable bonds is 7. The molecule has 0 bridgehead atoms. The number of nitrogens with zero attached hydrogens (tertiary/aromatic N) is 2. The van der Waals surface area contributed by atoms with Gasteiger partial charge < -0.3 is 24.4 Å². The highest BCUT2D eigenvalue weighted by Gasteiger charge is 2.44. The number of carbonyl (C=O) groups excluding carboxylic acids is 2. The van der Waals surface area contributed by atoms with Gasteiger partial charge in [-0.05, 0) is 47.9 Å². The predicted octanol–water partition coefficient (Wildman–Crippen LogP) is -0.0722. The Morgan fingerprint density at radius 2 is 1.94 bits per heavy atom. The van der Waals surface area contributed by atoms with Crippen LogP contribution in [0.1, 0.15) is 29.2 Å². The summed E-state index contributed by atoms with van der Waals surface area (Å²) in [6.45, 7) is 6.47. The van der Waals surface area contributed by atoms with Crippen LogP contribution in [0, 0.1) is 6.92 Å². The zero-order valence-electron chi connectivity index (χ0n) is 19.0. The lowest BCUT2D eigenvalue weighted by Crippen LogP contribution is -3.14. The molecule has 1 N–H and O–H groups in total. The van der Waals surface area contributed by atoms with Crippen LogP contribution in [0.2, 0.25) is 0 Å². The van der Waals surface area contributed by atoms with Crippen molar-refractivity contribution < 1.29 is 29.1 Å². The Kier molecular flexibility index (Phi) is 7.05. The van der Waals surface area contributed by atoms with Gasteiger partial charge in [-0.1, -0.05) is 11.8 Å². The van der Waals surface area contributed by atoms with Gasteiger partial charge in [0.1, 0.15) is 18.8 Å². The van der Waals surface area contributed by atoms with Crippen LogP contribution in [-0.4, -0.2) is 68.1 Å². The van der Waals surface area contributed by atoms with E-state index in [1.54, 1.807) is 54.7 Å². The van der Waals surface area contributed by atoms with Crippen LogP contribution in [-0.2, 0) is 14.3 Å². The molecule has 2 saturated heterocycles. The molecule has 2 fully saturated rings. The van der Waals surface area contributed by atoms with Crippen LogP contribution in [0.15, 0.2) is 48.3 Å². The summed E-state index contributed by atoms with van der Waals surface area (Å²) in [6, 6.07) is 7.82. The molecule has 1 unspecified atom stereocenters. The average molecular weight is 452 g/mol. The molecule has 1 atom stereocenters. The van der Waals surface area contributed by atoms with E-state index in [9.17, 15) is 14.7 Å². The van der Waals surface area contributed by atoms with Gasteiger partial charge in [0, 0.05) is 30.9 Å². The van der Waals surface area contributed by atoms with Crippen molar-refractivity contribution in [3.8, 4) is 5.75 Å². The van der Waals surface area contributed by atoms with Crippen LogP contribution in [0.5, 0.6) is 5.75 Å². The summed E-state index contributed by atoms with van der Waals surface area (Å²) in [4.78, 5) is 33.1. The van der Waals surface area contributed by atoms with E-state index in [0.29, 0.717) is 23.4 Å². The Hall–Kier alpha value is -3.23. The topological polar surface area (TPSA) is 96.2 Å². The van der Waals surface area contributed by atoms with Crippen molar-refractivity contribution in [3.05, 3.63) is 65.0 Å². The van der Waals surface area contributed by atoms with Crippen LogP contribution in [0.25, 0.3) is 5.76 Å². The van der Waals surface area contributed by atoms with Crippen LogP contribution >= 0.6 is 0 Å². The molecule has 0 spiro atoms. The minimum atomic E-state index is -0.728. The molecule has 3 heterocycles. The lowest BCUT2D eigenvalue weighted by molar-refractivity contribution is -0.908. The fourth-order valence-electron chi connectivity index (χ4n) is 4.58. The number of Topliss-reactive ketones (excluding diaryl/α,β-unsaturated/α-hetero) is 1. The van der Waals surface area contributed by atoms with Crippen molar-refractivity contribution in [3.63, 3.8) is 0 Å². The molecular weight excluding hydrogens is 422 g/mol. The standard InChI is InChI=1S/C25H29N3O5/c1-17-16-19(4-5-20(17)32-2)23(29)21-22(18-6-8-26-9-7-18)28(25(31)24(21)30)11-3-10-27-12-14-33-15-13-27/h4-9,16,22,29H,3,10-15H2,1-2H3/b23-21+. The molecule has 1 aromatic heterocycles. The van der Waals surface area contributed by atoms with Gasteiger partial charge in [0.05, 0.1) is 32.9 Å². The molecule has 8 nitrogen and oxygen atoms in total. The number of aromatic nitrogens is 1. The number of benzene rings is 1. The van der Waals surface area contributed by atoms with Crippen molar-refractivity contribution >= 4 is 17.4 Å². The number of aryl methyl sites for hydroxylation is 1. The number of ketones is 1. The predicted molar refractivity (Wildman–Crippen MR) is 119 cm³/mol. The molecule has 0 aliphatic carbocycles. The highest BCUT2D eigenvalue weighted by molar-refractivity contribution is 6.46. The van der Waals surface area contributed by atoms with Gasteiger partial charge >= 0.3 is 0 Å². The Morgan fingerprint density at radius 3 is 2.61 bits per heavy atom. The number of amides is 1. The van der Waals surface area contributed by atoms with Crippen molar-refractivity contribution in [2.24, 2.45) is 0 Å². The third kappa shape index (κ3) is 4.77. The molecule has 1 amide bonds. The molecule has 174 valence electrons. The number of methoxy groups -OCH3 is 1. The fourth-order valence-corrected chi connectivity index (χ4v) is 4.58. The van der Waals surface area contributed by atoms with Gasteiger partial charge in [-0.15, -0.1) is 0 Å². The lowest BCUT2D eigenvalue weighted by Gasteiger charge is -2.29. The quantitative estimate of drug-likeness (QED) is 0.360. The van der Waals surface area contributed by atoms with Crippen molar-refractivity contribution in [1.29, 1.82) is 0 Å². The van der Waals surface area contributed by atoms with Crippen LogP contribution in [0.3, 0.4) is 0 Å². The molecule has 0 saturated carbocycles. The molecule has 2 aliphatic heterocycles. The Labute approximate surface area is 193 Å². The first-order valence-corrected chi connectivity index (χ1v) is 11.2. The van der Waals surface area contributed by atoms with Gasteiger partial charge in [-0.3, -0.25) is 14.6 Å². The van der Waals surface area contributed by atoms with Crippen LogP contribution in [0.4, 0.5) is 0 Å². The smallest absolute Gasteiger partial charge is 0.295 e. The number of pyridine rings is 1. The largest absolute Gasteiger partial charge is 0.872 e. The maximum Gasteiger partial charge on any atom is 0.295 e. The van der Waals surface area contributed by atoms with E-state index < -0.39 is 23.5 Å². The monoisotopic (exact) mass is 451 g/mol. The van der Waals surface area contributed by atoms with Crippen molar-refractivity contribution in [1.82, 2.24) is 9.88 Å². The summed E-state index contributed by atoms with van der Waals surface area (Å²) in [5.41, 5.74) is 1.85. The second kappa shape index (κ2) is 10.1. The SMILES string of the molecule is COc1ccc(/C([O-])=C2\C(=O)C(=O)N(CCC[NH+]3CCOCC3)C2c2ccncc2)cc1C. The third-order valence-corrected chi connectivity index (χ3v) is 6.34. The number of hydrogen-bond acceptors (Lipinski definition) is 6. The van der Waals surface area contributed by atoms with E-state index in [0.717, 1.165) is 44.8 Å². The first-order chi connectivity index (χ1) is 16.0. The number of likely N-dealkylation sites (tertiary alicyclic amines) is 1. The van der Waals surface area contributed by atoms with Crippen molar-refractivity contribution in [2.75, 3.05) is 46.5 Å². The van der Waals surface area contributed by atoms with Gasteiger partial charge in [0.25, 0.3) is 5.91 Å². The zero-order chi connectivity index (χ0) is 23.4. The number of quaternary nitrogens is 1. The lowest BCUT2D eigenvalue weighted by atomic mass is 9.95. The summed E-state index contributed by atoms with van der Waals surface area (Å²) in [6.07, 6.45) is 3.95. The Morgan fingerprint density at radius 1 is 1.21 bits per heavy atom. The number of hydrogen-bond donors (Lipinski definition) is 1. The summed E-state index contributed by atoms with van der Waals surface area (Å²) >= 11 is 0. The second-order valence-corrected chi connectivity index (χ2v) is 8.40. The normalized spacial score (nSPS) is 20.9. The minimum absolute atomic E-state index is 0.00511. The summed E-state index contributed by atoms with van der Waals surface area (Å²) in [5.74, 6) is -1.12. The van der Waals surface area contributed by atoms with E-state index in [2.05, 4.69) is 4.98 Å². The maximum absolute atomic E-state index is 13.5. The van der Waals surface area contributed by atoms with E-state index in [1.165, 1.54) is 4.90 Å². The molecule has 1 aromatic carbocycles. The summed E-state index contributed by atoms with van der Waals surface area (Å²) in [5, 5.41) is 13.5. The van der Waals surface area contributed by atoms with E-state index >= 15 is 0 Å². The number of ether oxygens (including phenoxy) is 2. The van der Waals surface area contributed by atoms with Gasteiger partial charge in [-0.25, -0.2) is 0 Å². The average Bonchev–Trinajstić information content (AvgIpc) is 3.10. The van der Waals surface area contributed by atoms with Gasteiger partial charge in [0.2, 0.25) is 5.78 Å². The molecule has 33 heavy (non-hydrogen) atoms. The molecule has 2 aromatic rings. The van der Waals surface area contributed by atoms with E-state index in [1.807, 2.05) is 6.92 Å². The van der Waals surface area contributed by atoms with Crippen molar-refractivity contribution in [2.45, 2.75) is 19.4 Å². The summed E-state index contributed by atoms with van der Waals surface area (Å²) in [7, 11) is 1.56. The molecule has 2 aliphatic rings. The number of morpholine rings is 1.